The van der Waals surface area contributed by atoms with Gasteiger partial charge in [-0.25, -0.2) is 0 Å². The smallest absolute Gasteiger partial charge is 0.255 e. The number of benzene rings is 2. The second kappa shape index (κ2) is 10.2. The molecule has 1 aromatic heterocycles. The first-order valence-electron chi connectivity index (χ1n) is 10.9. The number of thioether (sulfide) groups is 1. The third-order valence-electron chi connectivity index (χ3n) is 5.61. The fraction of sp³-hybridized carbons (Fsp3) is 0.269. The number of fused-ring (bicyclic) bond motifs is 1. The second-order valence-electron chi connectivity index (χ2n) is 8.12. The van der Waals surface area contributed by atoms with E-state index in [9.17, 15) is 14.9 Å². The van der Waals surface area contributed by atoms with E-state index in [2.05, 4.69) is 16.7 Å². The average molecular weight is 476 g/mol. The molecule has 0 bridgehead atoms. The van der Waals surface area contributed by atoms with E-state index in [4.69, 9.17) is 0 Å². The van der Waals surface area contributed by atoms with Crippen LogP contribution >= 0.6 is 23.1 Å². The lowest BCUT2D eigenvalue weighted by Crippen LogP contribution is -2.22. The minimum Gasteiger partial charge on any atom is -0.322 e. The summed E-state index contributed by atoms with van der Waals surface area (Å²) in [7, 11) is 0. The summed E-state index contributed by atoms with van der Waals surface area (Å²) in [6, 6.07) is 17.2. The van der Waals surface area contributed by atoms with Crippen LogP contribution in [0.25, 0.3) is 0 Å². The van der Waals surface area contributed by atoms with Crippen molar-refractivity contribution in [1.29, 1.82) is 5.26 Å². The molecule has 0 spiro atoms. The predicted molar refractivity (Wildman–Crippen MR) is 135 cm³/mol. The van der Waals surface area contributed by atoms with E-state index in [-0.39, 0.29) is 17.1 Å². The third kappa shape index (κ3) is 5.47. The Balaban J connectivity index is 1.40. The Morgan fingerprint density at radius 2 is 1.85 bits per heavy atom. The van der Waals surface area contributed by atoms with Crippen LogP contribution in [0.5, 0.6) is 0 Å². The van der Waals surface area contributed by atoms with Gasteiger partial charge in [-0.05, 0) is 75.4 Å². The summed E-state index contributed by atoms with van der Waals surface area (Å²) in [5, 5.41) is 15.8. The normalized spacial score (nSPS) is 13.5. The largest absolute Gasteiger partial charge is 0.322 e. The van der Waals surface area contributed by atoms with Crippen molar-refractivity contribution in [1.82, 2.24) is 0 Å². The van der Waals surface area contributed by atoms with Gasteiger partial charge in [0.05, 0.1) is 10.8 Å². The lowest BCUT2D eigenvalue weighted by atomic mass is 9.96. The fourth-order valence-corrected chi connectivity index (χ4v) is 5.97. The number of anilines is 2. The van der Waals surface area contributed by atoms with Crippen LogP contribution in [0.2, 0.25) is 0 Å². The molecule has 2 N–H and O–H groups in total. The topological polar surface area (TPSA) is 82.0 Å². The number of rotatable bonds is 6. The Kier molecular flexibility index (Phi) is 7.17. The van der Waals surface area contributed by atoms with E-state index in [0.717, 1.165) is 41.7 Å². The summed E-state index contributed by atoms with van der Waals surface area (Å²) in [4.78, 5) is 27.5. The van der Waals surface area contributed by atoms with Crippen molar-refractivity contribution in [2.75, 3.05) is 10.6 Å². The van der Waals surface area contributed by atoms with E-state index < -0.39 is 0 Å². The number of hydrogen-bond donors (Lipinski definition) is 2. The van der Waals surface area contributed by atoms with Crippen LogP contribution in [-0.2, 0) is 17.6 Å². The minimum atomic E-state index is -0.362. The molecule has 1 unspecified atom stereocenters. The molecular weight excluding hydrogens is 450 g/mol. The Labute approximate surface area is 202 Å². The first-order valence-corrected chi connectivity index (χ1v) is 12.6. The quantitative estimate of drug-likeness (QED) is 0.417. The molecule has 1 heterocycles. The summed E-state index contributed by atoms with van der Waals surface area (Å²) in [6.45, 7) is 3.82. The molecule has 0 saturated heterocycles. The molecule has 7 heteroatoms. The molecule has 0 aliphatic heterocycles. The molecule has 0 fully saturated rings. The minimum absolute atomic E-state index is 0.135. The maximum absolute atomic E-state index is 12.9. The molecular formula is C26H25N3O2S2. The first kappa shape index (κ1) is 23.1. The van der Waals surface area contributed by atoms with Gasteiger partial charge in [-0.15, -0.1) is 23.1 Å². The lowest BCUT2D eigenvalue weighted by Gasteiger charge is -2.13. The maximum Gasteiger partial charge on any atom is 0.255 e. The van der Waals surface area contributed by atoms with E-state index in [1.807, 2.05) is 50.2 Å². The number of nitrogens with zero attached hydrogens (tertiary/aromatic N) is 1. The molecule has 0 radical (unpaired) electrons. The number of nitriles is 1. The summed E-state index contributed by atoms with van der Waals surface area (Å²) in [5.41, 5.74) is 4.11. The highest BCUT2D eigenvalue weighted by molar-refractivity contribution is 8.00. The predicted octanol–water partition coefficient (Wildman–Crippen LogP) is 6.18. The molecule has 1 aliphatic rings. The number of amides is 2. The van der Waals surface area contributed by atoms with Crippen LogP contribution in [-0.4, -0.2) is 17.1 Å². The molecule has 1 aliphatic carbocycles. The van der Waals surface area contributed by atoms with Gasteiger partial charge in [-0.3, -0.25) is 9.59 Å². The maximum atomic E-state index is 12.9. The number of carbonyl (C=O) groups excluding carboxylic acids is 2. The zero-order valence-electron chi connectivity index (χ0n) is 18.6. The van der Waals surface area contributed by atoms with Gasteiger partial charge in [0.2, 0.25) is 5.91 Å². The molecule has 5 nitrogen and oxygen atoms in total. The van der Waals surface area contributed by atoms with Crippen molar-refractivity contribution in [3.63, 3.8) is 0 Å². The fourth-order valence-electron chi connectivity index (χ4n) is 3.80. The van der Waals surface area contributed by atoms with Gasteiger partial charge in [-0.1, -0.05) is 23.8 Å². The van der Waals surface area contributed by atoms with Crippen LogP contribution < -0.4 is 10.6 Å². The van der Waals surface area contributed by atoms with E-state index in [1.165, 1.54) is 28.0 Å². The van der Waals surface area contributed by atoms with Gasteiger partial charge >= 0.3 is 0 Å². The Morgan fingerprint density at radius 1 is 1.09 bits per heavy atom. The Morgan fingerprint density at radius 3 is 2.61 bits per heavy atom. The van der Waals surface area contributed by atoms with Crippen molar-refractivity contribution >= 4 is 45.6 Å². The second-order valence-corrected chi connectivity index (χ2v) is 10.6. The van der Waals surface area contributed by atoms with E-state index in [1.54, 1.807) is 12.1 Å². The van der Waals surface area contributed by atoms with Crippen molar-refractivity contribution < 1.29 is 9.59 Å². The van der Waals surface area contributed by atoms with Crippen molar-refractivity contribution in [3.05, 3.63) is 75.7 Å². The number of hydrogen-bond acceptors (Lipinski definition) is 5. The van der Waals surface area contributed by atoms with Gasteiger partial charge in [0.15, 0.2) is 0 Å². The van der Waals surface area contributed by atoms with Crippen LogP contribution in [0.4, 0.5) is 10.7 Å². The number of aryl methyl sites for hydroxylation is 2. The monoisotopic (exact) mass is 475 g/mol. The summed E-state index contributed by atoms with van der Waals surface area (Å²) < 4.78 is 0. The van der Waals surface area contributed by atoms with Gasteiger partial charge in [0, 0.05) is 21.0 Å². The molecule has 4 rings (SSSR count). The van der Waals surface area contributed by atoms with Gasteiger partial charge in [0.25, 0.3) is 5.91 Å². The molecule has 2 aromatic carbocycles. The molecule has 0 saturated carbocycles. The summed E-state index contributed by atoms with van der Waals surface area (Å²) in [5.74, 6) is -0.308. The number of nitrogens with one attached hydrogen (secondary N) is 2. The number of carbonyl (C=O) groups is 2. The zero-order chi connectivity index (χ0) is 23.4. The standard InChI is InChI=1S/C26H25N3O2S2/c1-16-10-12-18(13-11-16)25(31)28-19-6-5-7-20(14-19)32-17(2)24(30)29-26-22(15-27)21-8-3-4-9-23(21)33-26/h5-7,10-14,17H,3-4,8-9H2,1-2H3,(H,28,31)(H,29,30). The van der Waals surface area contributed by atoms with Gasteiger partial charge < -0.3 is 10.6 Å². The molecule has 3 aromatic rings. The number of thiophene rings is 1. The first-order chi connectivity index (χ1) is 15.9. The highest BCUT2D eigenvalue weighted by atomic mass is 32.2. The Hall–Kier alpha value is -3.08. The zero-order valence-corrected chi connectivity index (χ0v) is 20.2. The average Bonchev–Trinajstić information content (AvgIpc) is 3.16. The molecule has 2 amide bonds. The SMILES string of the molecule is Cc1ccc(C(=O)Nc2cccc(SC(C)C(=O)Nc3sc4c(c3C#N)CCCC4)c2)cc1. The summed E-state index contributed by atoms with van der Waals surface area (Å²) >= 11 is 2.95. The molecule has 33 heavy (non-hydrogen) atoms. The van der Waals surface area contributed by atoms with E-state index >= 15 is 0 Å². The molecule has 168 valence electrons. The van der Waals surface area contributed by atoms with Crippen LogP contribution in [0, 0.1) is 18.3 Å². The molecule has 1 atom stereocenters. The van der Waals surface area contributed by atoms with Crippen molar-refractivity contribution in [2.45, 2.75) is 49.7 Å². The van der Waals surface area contributed by atoms with E-state index in [0.29, 0.717) is 21.8 Å². The van der Waals surface area contributed by atoms with Crippen molar-refractivity contribution in [2.24, 2.45) is 0 Å². The summed E-state index contributed by atoms with van der Waals surface area (Å²) in [6.07, 6.45) is 4.12. The third-order valence-corrected chi connectivity index (χ3v) is 7.91. The van der Waals surface area contributed by atoms with Gasteiger partial charge in [0.1, 0.15) is 11.1 Å². The van der Waals surface area contributed by atoms with Gasteiger partial charge in [-0.2, -0.15) is 5.26 Å². The lowest BCUT2D eigenvalue weighted by molar-refractivity contribution is -0.115. The highest BCUT2D eigenvalue weighted by Crippen LogP contribution is 2.38. The van der Waals surface area contributed by atoms with Crippen LogP contribution in [0.3, 0.4) is 0 Å². The van der Waals surface area contributed by atoms with Crippen LogP contribution in [0.1, 0.15) is 51.7 Å². The van der Waals surface area contributed by atoms with Crippen molar-refractivity contribution in [3.8, 4) is 6.07 Å². The highest BCUT2D eigenvalue weighted by Gasteiger charge is 2.23. The Bertz CT molecular complexity index is 1230. The van der Waals surface area contributed by atoms with Crippen LogP contribution in [0.15, 0.2) is 53.4 Å².